The van der Waals surface area contributed by atoms with E-state index in [1.165, 1.54) is 4.31 Å². The molecule has 2 aromatic carbocycles. The normalized spacial score (nSPS) is 16.8. The lowest BCUT2D eigenvalue weighted by Crippen LogP contribution is -2.51. The Hall–Kier alpha value is -2.54. The highest BCUT2D eigenvalue weighted by Crippen LogP contribution is 2.35. The van der Waals surface area contributed by atoms with Crippen LogP contribution in [-0.4, -0.2) is 33.5 Å². The first-order valence-corrected chi connectivity index (χ1v) is 12.6. The van der Waals surface area contributed by atoms with E-state index in [1.54, 1.807) is 36.4 Å². The number of carbonyl (C=O) groups is 1. The maximum Gasteiger partial charge on any atom is 0.263 e. The van der Waals surface area contributed by atoms with Crippen molar-refractivity contribution in [3.05, 3.63) is 60.2 Å². The molecule has 2 atom stereocenters. The summed E-state index contributed by atoms with van der Waals surface area (Å²) >= 11 is 0. The first-order valence-electron chi connectivity index (χ1n) is 11.0. The summed E-state index contributed by atoms with van der Waals surface area (Å²) in [6, 6.07) is 16.0. The van der Waals surface area contributed by atoms with Gasteiger partial charge in [0.1, 0.15) is 5.75 Å². The lowest BCUT2D eigenvalue weighted by atomic mass is 9.99. The predicted molar refractivity (Wildman–Crippen MR) is 124 cm³/mol. The zero-order valence-corrected chi connectivity index (χ0v) is 19.1. The zero-order chi connectivity index (χ0) is 22.3. The van der Waals surface area contributed by atoms with Gasteiger partial charge in [0.25, 0.3) is 5.91 Å². The predicted octanol–water partition coefficient (Wildman–Crippen LogP) is 4.12. The molecule has 0 saturated heterocycles. The smallest absolute Gasteiger partial charge is 0.263 e. The van der Waals surface area contributed by atoms with Crippen LogP contribution in [0.15, 0.2) is 54.6 Å². The van der Waals surface area contributed by atoms with Crippen LogP contribution in [0.3, 0.4) is 0 Å². The van der Waals surface area contributed by atoms with Crippen molar-refractivity contribution in [2.75, 3.05) is 17.4 Å². The number of unbranched alkanes of at least 4 members (excludes halogenated alkanes) is 1. The minimum atomic E-state index is -3.69. The molecule has 6 nitrogen and oxygen atoms in total. The van der Waals surface area contributed by atoms with Crippen molar-refractivity contribution in [3.63, 3.8) is 0 Å². The molecule has 1 amide bonds. The van der Waals surface area contributed by atoms with Crippen LogP contribution in [-0.2, 0) is 20.6 Å². The first-order chi connectivity index (χ1) is 14.9. The fourth-order valence-electron chi connectivity index (χ4n) is 3.77. The van der Waals surface area contributed by atoms with E-state index in [0.717, 1.165) is 25.7 Å². The van der Waals surface area contributed by atoms with Crippen LogP contribution in [0, 0.1) is 5.92 Å². The number of hydrogen-bond acceptors (Lipinski definition) is 4. The molecular weight excluding hydrogens is 412 g/mol. The van der Waals surface area contributed by atoms with E-state index in [1.807, 2.05) is 18.2 Å². The molecule has 0 saturated carbocycles. The molecule has 0 fully saturated rings. The molecule has 3 rings (SSSR count). The summed E-state index contributed by atoms with van der Waals surface area (Å²) in [5, 5.41) is 2.98. The highest BCUT2D eigenvalue weighted by Gasteiger charge is 2.36. The van der Waals surface area contributed by atoms with E-state index in [9.17, 15) is 13.2 Å². The van der Waals surface area contributed by atoms with Gasteiger partial charge in [0.15, 0.2) is 6.10 Å². The monoisotopic (exact) mass is 444 g/mol. The Kier molecular flexibility index (Phi) is 7.96. The molecule has 0 spiro atoms. The van der Waals surface area contributed by atoms with Crippen molar-refractivity contribution in [2.45, 2.75) is 51.4 Å². The minimum absolute atomic E-state index is 0.0379. The third-order valence-corrected chi connectivity index (χ3v) is 7.38. The lowest BCUT2D eigenvalue weighted by molar-refractivity contribution is -0.127. The van der Waals surface area contributed by atoms with Crippen LogP contribution in [0.5, 0.6) is 5.75 Å². The van der Waals surface area contributed by atoms with Gasteiger partial charge in [-0.25, -0.2) is 8.42 Å². The Morgan fingerprint density at radius 2 is 1.84 bits per heavy atom. The second-order valence-electron chi connectivity index (χ2n) is 8.01. The summed E-state index contributed by atoms with van der Waals surface area (Å²) < 4.78 is 33.7. The largest absolute Gasteiger partial charge is 0.476 e. The third kappa shape index (κ3) is 6.00. The number of sulfonamides is 1. The summed E-state index contributed by atoms with van der Waals surface area (Å²) in [6.45, 7) is 4.82. The standard InChI is InChI=1S/C24H32N2O4S/c1-3-5-11-19(4-2)16-25-24(27)23-17-26(21-14-9-10-15-22(21)30-23)31(28,29)18-20-12-7-6-8-13-20/h6-10,12-15,19,23H,3-5,11,16-18H2,1-2H3,(H,25,27)/t19-,23-/m0/s1. The lowest BCUT2D eigenvalue weighted by Gasteiger charge is -2.35. The highest BCUT2D eigenvalue weighted by atomic mass is 32.2. The minimum Gasteiger partial charge on any atom is -0.476 e. The average Bonchev–Trinajstić information content (AvgIpc) is 2.78. The third-order valence-electron chi connectivity index (χ3n) is 5.66. The van der Waals surface area contributed by atoms with E-state index in [2.05, 4.69) is 19.2 Å². The molecule has 1 aliphatic heterocycles. The van der Waals surface area contributed by atoms with Crippen molar-refractivity contribution < 1.29 is 17.9 Å². The number of anilines is 1. The Balaban J connectivity index is 1.76. The van der Waals surface area contributed by atoms with Crippen molar-refractivity contribution in [1.82, 2.24) is 5.32 Å². The summed E-state index contributed by atoms with van der Waals surface area (Å²) in [5.74, 6) is 0.413. The molecule has 7 heteroatoms. The van der Waals surface area contributed by atoms with Gasteiger partial charge in [-0.3, -0.25) is 9.10 Å². The average molecular weight is 445 g/mol. The zero-order valence-electron chi connectivity index (χ0n) is 18.3. The van der Waals surface area contributed by atoms with Crippen molar-refractivity contribution in [2.24, 2.45) is 5.92 Å². The molecule has 0 aromatic heterocycles. The van der Waals surface area contributed by atoms with Gasteiger partial charge in [0, 0.05) is 6.54 Å². The van der Waals surface area contributed by atoms with Gasteiger partial charge in [0.05, 0.1) is 18.0 Å². The fraction of sp³-hybridized carbons (Fsp3) is 0.458. The second kappa shape index (κ2) is 10.7. The number of amides is 1. The van der Waals surface area contributed by atoms with Gasteiger partial charge in [-0.05, 0) is 30.0 Å². The van der Waals surface area contributed by atoms with Crippen LogP contribution >= 0.6 is 0 Å². The number of rotatable bonds is 10. The van der Waals surface area contributed by atoms with Crippen molar-refractivity contribution >= 4 is 21.6 Å². The second-order valence-corrected chi connectivity index (χ2v) is 9.90. The topological polar surface area (TPSA) is 75.7 Å². The van der Waals surface area contributed by atoms with Gasteiger partial charge in [-0.2, -0.15) is 0 Å². The number of nitrogens with one attached hydrogen (secondary N) is 1. The number of fused-ring (bicyclic) bond motifs is 1. The number of benzene rings is 2. The fourth-order valence-corrected chi connectivity index (χ4v) is 5.35. The molecule has 2 aromatic rings. The van der Waals surface area contributed by atoms with Crippen LogP contribution in [0.1, 0.15) is 45.1 Å². The van der Waals surface area contributed by atoms with Crippen molar-refractivity contribution in [1.29, 1.82) is 0 Å². The van der Waals surface area contributed by atoms with Gasteiger partial charge in [-0.1, -0.05) is 75.6 Å². The molecule has 1 N–H and O–H groups in total. The summed E-state index contributed by atoms with van der Waals surface area (Å²) in [6.07, 6.45) is 3.43. The molecule has 0 bridgehead atoms. The Morgan fingerprint density at radius 1 is 1.13 bits per heavy atom. The van der Waals surface area contributed by atoms with Gasteiger partial charge < -0.3 is 10.1 Å². The van der Waals surface area contributed by atoms with Crippen LogP contribution in [0.25, 0.3) is 0 Å². The maximum absolute atomic E-state index is 13.3. The molecular formula is C24H32N2O4S. The SMILES string of the molecule is CCCC[C@H](CC)CNC(=O)[C@@H]1CN(S(=O)(=O)Cc2ccccc2)c2ccccc2O1. The number of para-hydroxylation sites is 2. The van der Waals surface area contributed by atoms with Crippen molar-refractivity contribution in [3.8, 4) is 5.75 Å². The summed E-state index contributed by atoms with van der Waals surface area (Å²) in [5.41, 5.74) is 1.17. The summed E-state index contributed by atoms with van der Waals surface area (Å²) in [7, 11) is -3.69. The van der Waals surface area contributed by atoms with Crippen LogP contribution < -0.4 is 14.4 Å². The van der Waals surface area contributed by atoms with E-state index in [4.69, 9.17) is 4.74 Å². The van der Waals surface area contributed by atoms with E-state index in [-0.39, 0.29) is 18.2 Å². The Morgan fingerprint density at radius 3 is 2.55 bits per heavy atom. The molecule has 1 heterocycles. The maximum atomic E-state index is 13.3. The molecule has 1 aliphatic rings. The number of ether oxygens (including phenoxy) is 1. The van der Waals surface area contributed by atoms with Crippen LogP contribution in [0.2, 0.25) is 0 Å². The first kappa shape index (κ1) is 23.1. The Bertz CT molecular complexity index is 963. The molecule has 0 radical (unpaired) electrons. The van der Waals surface area contributed by atoms with Gasteiger partial charge in [-0.15, -0.1) is 0 Å². The van der Waals surface area contributed by atoms with E-state index < -0.39 is 16.1 Å². The van der Waals surface area contributed by atoms with Crippen LogP contribution in [0.4, 0.5) is 5.69 Å². The summed E-state index contributed by atoms with van der Waals surface area (Å²) in [4.78, 5) is 12.9. The number of nitrogens with zero attached hydrogens (tertiary/aromatic N) is 1. The molecule has 0 unspecified atom stereocenters. The molecule has 168 valence electrons. The number of carbonyl (C=O) groups excluding carboxylic acids is 1. The van der Waals surface area contributed by atoms with Gasteiger partial charge in [0.2, 0.25) is 10.0 Å². The highest BCUT2D eigenvalue weighted by molar-refractivity contribution is 7.92. The quantitative estimate of drug-likeness (QED) is 0.598. The van der Waals surface area contributed by atoms with Gasteiger partial charge >= 0.3 is 0 Å². The molecule has 31 heavy (non-hydrogen) atoms. The van der Waals surface area contributed by atoms with E-state index in [0.29, 0.717) is 29.5 Å². The van der Waals surface area contributed by atoms with E-state index >= 15 is 0 Å². The molecule has 0 aliphatic carbocycles. The Labute approximate surface area is 185 Å². The number of hydrogen-bond donors (Lipinski definition) is 1.